The van der Waals surface area contributed by atoms with E-state index in [0.29, 0.717) is 10.6 Å². The fourth-order valence-electron chi connectivity index (χ4n) is 1.93. The number of carbonyl (C=O) groups is 1. The van der Waals surface area contributed by atoms with Crippen molar-refractivity contribution in [2.75, 3.05) is 12.8 Å². The maximum Gasteiger partial charge on any atom is 0.340 e. The minimum absolute atomic E-state index is 0.335. The molecule has 0 saturated carbocycles. The van der Waals surface area contributed by atoms with Gasteiger partial charge in [0.25, 0.3) is 0 Å². The van der Waals surface area contributed by atoms with Crippen molar-refractivity contribution in [1.29, 1.82) is 0 Å². The number of unbranched alkanes of at least 4 members (excludes halogenated alkanes) is 5. The lowest BCUT2D eigenvalue weighted by atomic mass is 10.1. The molecule has 0 atom stereocenters. The van der Waals surface area contributed by atoms with Gasteiger partial charge in [0.1, 0.15) is 5.00 Å². The molecule has 1 aromatic heterocycles. The third-order valence-corrected chi connectivity index (χ3v) is 4.02. The van der Waals surface area contributed by atoms with Gasteiger partial charge >= 0.3 is 5.97 Å². The molecule has 0 aromatic carbocycles. The average molecular weight is 269 g/mol. The molecule has 102 valence electrons. The van der Waals surface area contributed by atoms with Crippen molar-refractivity contribution in [3.8, 4) is 0 Å². The van der Waals surface area contributed by atoms with E-state index in [-0.39, 0.29) is 5.97 Å². The molecule has 4 heteroatoms. The number of hydrogen-bond donors (Lipinski definition) is 1. The first kappa shape index (κ1) is 15.0. The largest absolute Gasteiger partial charge is 0.465 e. The van der Waals surface area contributed by atoms with Gasteiger partial charge in [-0.2, -0.15) is 0 Å². The topological polar surface area (TPSA) is 52.3 Å². The predicted molar refractivity (Wildman–Crippen MR) is 77.2 cm³/mol. The van der Waals surface area contributed by atoms with Crippen molar-refractivity contribution in [2.45, 2.75) is 51.9 Å². The van der Waals surface area contributed by atoms with Crippen LogP contribution in [0.4, 0.5) is 5.00 Å². The Morgan fingerprint density at radius 1 is 1.28 bits per heavy atom. The molecule has 0 aliphatic heterocycles. The molecule has 0 radical (unpaired) electrons. The van der Waals surface area contributed by atoms with Crippen LogP contribution in [0.2, 0.25) is 0 Å². The monoisotopic (exact) mass is 269 g/mol. The summed E-state index contributed by atoms with van der Waals surface area (Å²) in [6.07, 6.45) is 8.69. The summed E-state index contributed by atoms with van der Waals surface area (Å²) < 4.78 is 4.69. The Kier molecular flexibility index (Phi) is 6.80. The zero-order chi connectivity index (χ0) is 13.4. The van der Waals surface area contributed by atoms with Gasteiger partial charge in [0.2, 0.25) is 0 Å². The van der Waals surface area contributed by atoms with E-state index >= 15 is 0 Å². The first-order valence-electron chi connectivity index (χ1n) is 6.65. The molecule has 0 spiro atoms. The predicted octanol–water partition coefficient (Wildman–Crippen LogP) is 4.02. The molecule has 18 heavy (non-hydrogen) atoms. The quantitative estimate of drug-likeness (QED) is 0.573. The fraction of sp³-hybridized carbons (Fsp3) is 0.643. The minimum Gasteiger partial charge on any atom is -0.465 e. The van der Waals surface area contributed by atoms with Crippen LogP contribution in [-0.2, 0) is 11.2 Å². The van der Waals surface area contributed by atoms with Crippen molar-refractivity contribution < 1.29 is 9.53 Å². The Bertz CT molecular complexity index is 374. The van der Waals surface area contributed by atoms with E-state index in [0.717, 1.165) is 6.42 Å². The molecule has 0 bridgehead atoms. The number of aryl methyl sites for hydroxylation is 1. The second-order valence-corrected chi connectivity index (χ2v) is 5.67. The van der Waals surface area contributed by atoms with E-state index in [1.807, 2.05) is 6.07 Å². The normalized spacial score (nSPS) is 10.6. The minimum atomic E-state index is -0.335. The van der Waals surface area contributed by atoms with Crippen LogP contribution in [0, 0.1) is 0 Å². The zero-order valence-electron chi connectivity index (χ0n) is 11.3. The van der Waals surface area contributed by atoms with Crippen LogP contribution in [0.5, 0.6) is 0 Å². The number of nitrogens with two attached hydrogens (primary N) is 1. The SMILES string of the molecule is CCCCCCCCc1cc(C(=O)OC)c(N)s1. The maximum atomic E-state index is 11.4. The molecule has 0 amide bonds. The molecule has 1 aromatic rings. The summed E-state index contributed by atoms with van der Waals surface area (Å²) in [6.45, 7) is 2.22. The first-order valence-corrected chi connectivity index (χ1v) is 7.47. The van der Waals surface area contributed by atoms with Crippen molar-refractivity contribution in [2.24, 2.45) is 0 Å². The third kappa shape index (κ3) is 4.69. The van der Waals surface area contributed by atoms with Gasteiger partial charge in [-0.3, -0.25) is 0 Å². The summed E-state index contributed by atoms with van der Waals surface area (Å²) in [5, 5.41) is 0.572. The number of ether oxygens (including phenoxy) is 1. The fourth-order valence-corrected chi connectivity index (χ4v) is 2.89. The van der Waals surface area contributed by atoms with Gasteiger partial charge in [0.05, 0.1) is 12.7 Å². The van der Waals surface area contributed by atoms with Gasteiger partial charge in [0, 0.05) is 4.88 Å². The van der Waals surface area contributed by atoms with Gasteiger partial charge in [-0.25, -0.2) is 4.79 Å². The third-order valence-electron chi connectivity index (χ3n) is 2.99. The zero-order valence-corrected chi connectivity index (χ0v) is 12.1. The van der Waals surface area contributed by atoms with E-state index in [4.69, 9.17) is 5.73 Å². The molecule has 1 rings (SSSR count). The number of carbonyl (C=O) groups excluding carboxylic acids is 1. The summed E-state index contributed by atoms with van der Waals surface area (Å²) >= 11 is 1.50. The number of nitrogen functional groups attached to an aromatic ring is 1. The van der Waals surface area contributed by atoms with Crippen molar-refractivity contribution in [3.05, 3.63) is 16.5 Å². The number of rotatable bonds is 8. The second kappa shape index (κ2) is 8.14. The molecule has 0 fully saturated rings. The Balaban J connectivity index is 2.33. The maximum absolute atomic E-state index is 11.4. The van der Waals surface area contributed by atoms with Crippen molar-refractivity contribution in [1.82, 2.24) is 0 Å². The lowest BCUT2D eigenvalue weighted by Gasteiger charge is -1.99. The number of esters is 1. The smallest absolute Gasteiger partial charge is 0.340 e. The highest BCUT2D eigenvalue weighted by Crippen LogP contribution is 2.27. The van der Waals surface area contributed by atoms with Gasteiger partial charge in [-0.05, 0) is 18.9 Å². The lowest BCUT2D eigenvalue weighted by molar-refractivity contribution is 0.0602. The Labute approximate surface area is 113 Å². The second-order valence-electron chi connectivity index (χ2n) is 4.50. The Morgan fingerprint density at radius 3 is 2.61 bits per heavy atom. The highest BCUT2D eigenvalue weighted by atomic mass is 32.1. The first-order chi connectivity index (χ1) is 8.69. The summed E-state index contributed by atoms with van der Waals surface area (Å²) in [5.41, 5.74) is 6.32. The number of thiophene rings is 1. The number of anilines is 1. The van der Waals surface area contributed by atoms with Gasteiger partial charge < -0.3 is 10.5 Å². The van der Waals surface area contributed by atoms with Crippen LogP contribution in [0.1, 0.15) is 60.7 Å². The van der Waals surface area contributed by atoms with Crippen molar-refractivity contribution in [3.63, 3.8) is 0 Å². The molecule has 0 aliphatic rings. The van der Waals surface area contributed by atoms with E-state index in [1.165, 1.54) is 61.8 Å². The molecule has 3 nitrogen and oxygen atoms in total. The molecule has 0 saturated heterocycles. The van der Waals surface area contributed by atoms with Crippen LogP contribution in [0.15, 0.2) is 6.07 Å². The van der Waals surface area contributed by atoms with E-state index in [9.17, 15) is 4.79 Å². The van der Waals surface area contributed by atoms with Gasteiger partial charge in [-0.15, -0.1) is 11.3 Å². The van der Waals surface area contributed by atoms with E-state index < -0.39 is 0 Å². The number of methoxy groups -OCH3 is 1. The summed E-state index contributed by atoms with van der Waals surface area (Å²) in [5.74, 6) is -0.335. The summed E-state index contributed by atoms with van der Waals surface area (Å²) in [7, 11) is 1.38. The molecule has 1 heterocycles. The van der Waals surface area contributed by atoms with Crippen LogP contribution >= 0.6 is 11.3 Å². The molecular formula is C14H23NO2S. The highest BCUT2D eigenvalue weighted by Gasteiger charge is 2.13. The van der Waals surface area contributed by atoms with E-state index in [2.05, 4.69) is 11.7 Å². The van der Waals surface area contributed by atoms with Crippen LogP contribution in [0.25, 0.3) is 0 Å². The standard InChI is InChI=1S/C14H23NO2S/c1-3-4-5-6-7-8-9-11-10-12(13(15)18-11)14(16)17-2/h10H,3-9,15H2,1-2H3. The Morgan fingerprint density at radius 2 is 1.94 bits per heavy atom. The molecule has 0 unspecified atom stereocenters. The average Bonchev–Trinajstić information content (AvgIpc) is 2.74. The summed E-state index contributed by atoms with van der Waals surface area (Å²) in [6, 6.07) is 1.87. The summed E-state index contributed by atoms with van der Waals surface area (Å²) in [4.78, 5) is 12.6. The van der Waals surface area contributed by atoms with Gasteiger partial charge in [-0.1, -0.05) is 39.0 Å². The molecular weight excluding hydrogens is 246 g/mol. The molecule has 2 N–H and O–H groups in total. The van der Waals surface area contributed by atoms with Crippen LogP contribution in [-0.4, -0.2) is 13.1 Å². The van der Waals surface area contributed by atoms with Crippen molar-refractivity contribution >= 4 is 22.3 Å². The molecule has 0 aliphatic carbocycles. The number of hydrogen-bond acceptors (Lipinski definition) is 4. The van der Waals surface area contributed by atoms with E-state index in [1.54, 1.807) is 0 Å². The lowest BCUT2D eigenvalue weighted by Crippen LogP contribution is -2.01. The van der Waals surface area contributed by atoms with Gasteiger partial charge in [0.15, 0.2) is 0 Å². The van der Waals surface area contributed by atoms with Crippen LogP contribution in [0.3, 0.4) is 0 Å². The Hall–Kier alpha value is -1.03. The van der Waals surface area contributed by atoms with Crippen LogP contribution < -0.4 is 5.73 Å². The highest BCUT2D eigenvalue weighted by molar-refractivity contribution is 7.16.